The van der Waals surface area contributed by atoms with Gasteiger partial charge in [0, 0.05) is 17.7 Å². The van der Waals surface area contributed by atoms with E-state index in [1.165, 1.54) is 0 Å². The molecule has 0 aliphatic carbocycles. The van der Waals surface area contributed by atoms with Gasteiger partial charge in [0.1, 0.15) is 0 Å². The van der Waals surface area contributed by atoms with Gasteiger partial charge >= 0.3 is 0 Å². The van der Waals surface area contributed by atoms with Crippen molar-refractivity contribution >= 4 is 5.91 Å². The topological polar surface area (TPSA) is 29.1 Å². The van der Waals surface area contributed by atoms with Crippen LogP contribution >= 0.6 is 0 Å². The smallest absolute Gasteiger partial charge is 0.251 e. The molecule has 0 aliphatic heterocycles. The third-order valence-electron chi connectivity index (χ3n) is 2.61. The summed E-state index contributed by atoms with van der Waals surface area (Å²) in [4.78, 5) is 11.9. The minimum absolute atomic E-state index is 0.0950. The monoisotopic (exact) mass is 235 g/mol. The van der Waals surface area contributed by atoms with Crippen molar-refractivity contribution in [2.75, 3.05) is 0 Å². The van der Waals surface area contributed by atoms with Gasteiger partial charge in [-0.2, -0.15) is 0 Å². The summed E-state index contributed by atoms with van der Waals surface area (Å²) in [5.74, 6) is 2.42. The summed E-state index contributed by atoms with van der Waals surface area (Å²) in [6.07, 6.45) is 5.26. The lowest BCUT2D eigenvalue weighted by Crippen LogP contribution is -2.22. The van der Waals surface area contributed by atoms with Gasteiger partial charge in [0.25, 0.3) is 5.91 Å². The quantitative estimate of drug-likeness (QED) is 0.814. The third-order valence-corrected chi connectivity index (χ3v) is 2.61. The molecule has 0 saturated carbocycles. The van der Waals surface area contributed by atoms with Crippen LogP contribution in [-0.2, 0) is 6.54 Å². The van der Waals surface area contributed by atoms with Gasteiger partial charge in [0.05, 0.1) is 0 Å². The van der Waals surface area contributed by atoms with E-state index in [-0.39, 0.29) is 5.91 Å². The molecule has 2 aromatic carbocycles. The van der Waals surface area contributed by atoms with Crippen LogP contribution in [0.25, 0.3) is 0 Å². The van der Waals surface area contributed by atoms with Crippen molar-refractivity contribution in [2.45, 2.75) is 6.54 Å². The lowest BCUT2D eigenvalue weighted by molar-refractivity contribution is 0.0951. The zero-order valence-corrected chi connectivity index (χ0v) is 9.89. The summed E-state index contributed by atoms with van der Waals surface area (Å²) < 4.78 is 0. The maximum absolute atomic E-state index is 11.9. The number of hydrogen-bond acceptors (Lipinski definition) is 1. The summed E-state index contributed by atoms with van der Waals surface area (Å²) in [7, 11) is 0. The molecule has 18 heavy (non-hydrogen) atoms. The molecular formula is C16H13NO. The van der Waals surface area contributed by atoms with Crippen LogP contribution in [0.2, 0.25) is 0 Å². The molecule has 2 heteroatoms. The Morgan fingerprint density at radius 2 is 1.72 bits per heavy atom. The summed E-state index contributed by atoms with van der Waals surface area (Å²) in [5, 5.41) is 2.86. The highest BCUT2D eigenvalue weighted by atomic mass is 16.1. The number of terminal acetylenes is 1. The molecular weight excluding hydrogens is 222 g/mol. The standard InChI is InChI=1S/C16H13NO/c1-2-13-8-10-15(11-9-13)16(18)17-12-14-6-4-3-5-7-14/h1,3-11H,12H2,(H,17,18). The van der Waals surface area contributed by atoms with Crippen LogP contribution in [0.5, 0.6) is 0 Å². The molecule has 0 spiro atoms. The van der Waals surface area contributed by atoms with Crippen molar-refractivity contribution < 1.29 is 4.79 Å². The van der Waals surface area contributed by atoms with Crippen molar-refractivity contribution in [3.05, 3.63) is 71.3 Å². The predicted molar refractivity (Wildman–Crippen MR) is 72.0 cm³/mol. The van der Waals surface area contributed by atoms with E-state index in [0.717, 1.165) is 11.1 Å². The van der Waals surface area contributed by atoms with Gasteiger partial charge < -0.3 is 5.32 Å². The maximum atomic E-state index is 11.9. The average Bonchev–Trinajstić information content (AvgIpc) is 2.46. The molecule has 1 N–H and O–H groups in total. The fraction of sp³-hybridized carbons (Fsp3) is 0.0625. The molecule has 2 rings (SSSR count). The van der Waals surface area contributed by atoms with Crippen molar-refractivity contribution in [1.29, 1.82) is 0 Å². The molecule has 1 amide bonds. The third kappa shape index (κ3) is 2.99. The second kappa shape index (κ2) is 5.70. The molecule has 0 bridgehead atoms. The van der Waals surface area contributed by atoms with E-state index in [4.69, 9.17) is 6.42 Å². The number of benzene rings is 2. The molecule has 2 aromatic rings. The van der Waals surface area contributed by atoms with Crippen molar-refractivity contribution in [1.82, 2.24) is 5.32 Å². The van der Waals surface area contributed by atoms with Crippen LogP contribution in [0.3, 0.4) is 0 Å². The van der Waals surface area contributed by atoms with Gasteiger partial charge in [-0.25, -0.2) is 0 Å². The molecule has 2 nitrogen and oxygen atoms in total. The lowest BCUT2D eigenvalue weighted by atomic mass is 10.1. The molecule has 0 fully saturated rings. The Kier molecular flexibility index (Phi) is 3.78. The first kappa shape index (κ1) is 11.9. The van der Waals surface area contributed by atoms with Gasteiger partial charge in [-0.3, -0.25) is 4.79 Å². The van der Waals surface area contributed by atoms with E-state index < -0.39 is 0 Å². The van der Waals surface area contributed by atoms with E-state index >= 15 is 0 Å². The van der Waals surface area contributed by atoms with Crippen LogP contribution < -0.4 is 5.32 Å². The number of carbonyl (C=O) groups is 1. The Morgan fingerprint density at radius 1 is 1.06 bits per heavy atom. The first-order valence-electron chi connectivity index (χ1n) is 5.68. The highest BCUT2D eigenvalue weighted by molar-refractivity contribution is 5.94. The first-order valence-corrected chi connectivity index (χ1v) is 5.68. The average molecular weight is 235 g/mol. The minimum Gasteiger partial charge on any atom is -0.348 e. The zero-order chi connectivity index (χ0) is 12.8. The maximum Gasteiger partial charge on any atom is 0.251 e. The summed E-state index contributed by atoms with van der Waals surface area (Å²) in [6, 6.07) is 16.8. The van der Waals surface area contributed by atoms with Crippen molar-refractivity contribution in [2.24, 2.45) is 0 Å². The van der Waals surface area contributed by atoms with Crippen LogP contribution in [0.4, 0.5) is 0 Å². The second-order valence-electron chi connectivity index (χ2n) is 3.89. The van der Waals surface area contributed by atoms with Gasteiger partial charge in [0.2, 0.25) is 0 Å². The van der Waals surface area contributed by atoms with E-state index in [2.05, 4.69) is 11.2 Å². The molecule has 0 radical (unpaired) electrons. The molecule has 88 valence electrons. The molecule has 0 aliphatic rings. The lowest BCUT2D eigenvalue weighted by Gasteiger charge is -2.05. The minimum atomic E-state index is -0.0950. The number of hydrogen-bond donors (Lipinski definition) is 1. The molecule has 0 atom stereocenters. The Bertz CT molecular complexity index is 564. The normalized spacial score (nSPS) is 9.50. The largest absolute Gasteiger partial charge is 0.348 e. The molecule has 0 heterocycles. The van der Waals surface area contributed by atoms with Crippen LogP contribution in [-0.4, -0.2) is 5.91 Å². The van der Waals surface area contributed by atoms with Crippen molar-refractivity contribution in [3.8, 4) is 12.3 Å². The van der Waals surface area contributed by atoms with E-state index in [0.29, 0.717) is 12.1 Å². The number of nitrogens with one attached hydrogen (secondary N) is 1. The van der Waals surface area contributed by atoms with Gasteiger partial charge in [0.15, 0.2) is 0 Å². The summed E-state index contributed by atoms with van der Waals surface area (Å²) >= 11 is 0. The highest BCUT2D eigenvalue weighted by Gasteiger charge is 2.04. The van der Waals surface area contributed by atoms with E-state index in [1.54, 1.807) is 24.3 Å². The Morgan fingerprint density at radius 3 is 2.33 bits per heavy atom. The number of carbonyl (C=O) groups excluding carboxylic acids is 1. The summed E-state index contributed by atoms with van der Waals surface area (Å²) in [5.41, 5.74) is 2.46. The molecule has 0 saturated heterocycles. The van der Waals surface area contributed by atoms with Crippen LogP contribution in [0.15, 0.2) is 54.6 Å². The number of rotatable bonds is 3. The SMILES string of the molecule is C#Cc1ccc(C(=O)NCc2ccccc2)cc1. The fourth-order valence-electron chi connectivity index (χ4n) is 1.60. The van der Waals surface area contributed by atoms with Crippen molar-refractivity contribution in [3.63, 3.8) is 0 Å². The Balaban J connectivity index is 1.98. The molecule has 0 unspecified atom stereocenters. The fourth-order valence-corrected chi connectivity index (χ4v) is 1.60. The predicted octanol–water partition coefficient (Wildman–Crippen LogP) is 2.60. The highest BCUT2D eigenvalue weighted by Crippen LogP contribution is 2.04. The van der Waals surface area contributed by atoms with E-state index in [9.17, 15) is 4.79 Å². The van der Waals surface area contributed by atoms with E-state index in [1.807, 2.05) is 30.3 Å². The Labute approximate surface area is 107 Å². The van der Waals surface area contributed by atoms with Gasteiger partial charge in [-0.15, -0.1) is 6.42 Å². The Hall–Kier alpha value is -2.53. The summed E-state index contributed by atoms with van der Waals surface area (Å²) in [6.45, 7) is 0.524. The van der Waals surface area contributed by atoms with Crippen LogP contribution in [0, 0.1) is 12.3 Å². The van der Waals surface area contributed by atoms with Gasteiger partial charge in [-0.1, -0.05) is 36.3 Å². The zero-order valence-electron chi connectivity index (χ0n) is 9.89. The second-order valence-corrected chi connectivity index (χ2v) is 3.89. The first-order chi connectivity index (χ1) is 8.79. The van der Waals surface area contributed by atoms with Gasteiger partial charge in [-0.05, 0) is 29.8 Å². The number of amides is 1. The van der Waals surface area contributed by atoms with Crippen LogP contribution in [0.1, 0.15) is 21.5 Å². The molecule has 0 aromatic heterocycles.